The van der Waals surface area contributed by atoms with Gasteiger partial charge in [-0.2, -0.15) is 0 Å². The van der Waals surface area contributed by atoms with Gasteiger partial charge in [-0.05, 0) is 111 Å². The zero-order chi connectivity index (χ0) is 29.8. The summed E-state index contributed by atoms with van der Waals surface area (Å²) in [5.74, 6) is 1.72. The van der Waals surface area contributed by atoms with Gasteiger partial charge < -0.3 is 29.2 Å². The molecule has 1 heterocycles. The number of carbonyl (C=O) groups excluding carboxylic acids is 2. The Balaban J connectivity index is 1.27. The van der Waals surface area contributed by atoms with Crippen LogP contribution in [0.15, 0.2) is 0 Å². The van der Waals surface area contributed by atoms with Crippen LogP contribution in [-0.2, 0) is 23.8 Å². The number of hydrogen-bond acceptors (Lipinski definition) is 7. The Kier molecular flexibility index (Phi) is 7.04. The normalized spacial score (nSPS) is 52.2. The highest BCUT2D eigenvalue weighted by atomic mass is 16.7. The van der Waals surface area contributed by atoms with Gasteiger partial charge in [0.1, 0.15) is 12.9 Å². The number of ether oxygens (including phenoxy) is 3. The average molecular weight is 575 g/mol. The van der Waals surface area contributed by atoms with Crippen LogP contribution in [0.5, 0.6) is 0 Å². The lowest BCUT2D eigenvalue weighted by Crippen LogP contribution is -2.60. The minimum Gasteiger partial charge on any atom is -0.390 e. The van der Waals surface area contributed by atoms with Crippen molar-refractivity contribution in [2.45, 2.75) is 143 Å². The molecule has 0 aromatic heterocycles. The fourth-order valence-corrected chi connectivity index (χ4v) is 12.7. The molecule has 7 nitrogen and oxygen atoms in total. The van der Waals surface area contributed by atoms with Crippen molar-refractivity contribution in [3.8, 4) is 0 Å². The van der Waals surface area contributed by atoms with Gasteiger partial charge >= 0.3 is 0 Å². The van der Waals surface area contributed by atoms with E-state index in [0.717, 1.165) is 38.5 Å². The topological polar surface area (TPSA) is 102 Å². The number of carbonyl (C=O) groups is 2. The SMILES string of the molecule is C[C@@H]1C[C@H](CC(C)(C)O)O[C@H]2C1[C@@]1(C)CC[C@@]34C[C@@]35CC[C@H](O[C@@H](C=O)OCC=O)C(C)(C)[C@@H]5CC[C@H]4[C@]1(C)[C@H]2O. The van der Waals surface area contributed by atoms with Crippen molar-refractivity contribution in [3.05, 3.63) is 0 Å². The molecule has 6 rings (SSSR count). The molecule has 0 aromatic carbocycles. The van der Waals surface area contributed by atoms with Crippen LogP contribution >= 0.6 is 0 Å². The summed E-state index contributed by atoms with van der Waals surface area (Å²) in [5, 5.41) is 22.9. The Morgan fingerprint density at radius 2 is 1.71 bits per heavy atom. The molecule has 7 heteroatoms. The van der Waals surface area contributed by atoms with E-state index in [1.165, 1.54) is 12.8 Å². The molecular formula is C34H54O7. The van der Waals surface area contributed by atoms with Crippen LogP contribution in [0.3, 0.4) is 0 Å². The molecule has 1 saturated heterocycles. The van der Waals surface area contributed by atoms with Crippen molar-refractivity contribution >= 4 is 12.6 Å². The maximum atomic E-state index is 12.3. The van der Waals surface area contributed by atoms with Crippen molar-refractivity contribution in [1.29, 1.82) is 0 Å². The van der Waals surface area contributed by atoms with Crippen molar-refractivity contribution in [1.82, 2.24) is 0 Å². The van der Waals surface area contributed by atoms with Gasteiger partial charge in [0.2, 0.25) is 6.29 Å². The van der Waals surface area contributed by atoms with Crippen LogP contribution < -0.4 is 0 Å². The highest BCUT2D eigenvalue weighted by molar-refractivity contribution is 5.55. The molecule has 6 fully saturated rings. The van der Waals surface area contributed by atoms with E-state index in [1.807, 2.05) is 13.8 Å². The van der Waals surface area contributed by atoms with Crippen molar-refractivity contribution in [3.63, 3.8) is 0 Å². The van der Waals surface area contributed by atoms with E-state index in [1.54, 1.807) is 0 Å². The number of fused-ring (bicyclic) bond motifs is 4. The van der Waals surface area contributed by atoms with E-state index < -0.39 is 18.0 Å². The largest absolute Gasteiger partial charge is 0.390 e. The smallest absolute Gasteiger partial charge is 0.215 e. The van der Waals surface area contributed by atoms with Gasteiger partial charge in [0.05, 0.1) is 30.0 Å². The van der Waals surface area contributed by atoms with Gasteiger partial charge in [0.15, 0.2) is 6.29 Å². The Labute approximate surface area is 246 Å². The first kappa shape index (κ1) is 30.2. The van der Waals surface area contributed by atoms with Gasteiger partial charge in [-0.1, -0.05) is 34.6 Å². The lowest BCUT2D eigenvalue weighted by molar-refractivity contribution is -0.223. The van der Waals surface area contributed by atoms with Crippen LogP contribution in [-0.4, -0.2) is 65.7 Å². The molecule has 5 aliphatic carbocycles. The molecule has 5 saturated carbocycles. The van der Waals surface area contributed by atoms with Crippen molar-refractivity contribution in [2.24, 2.45) is 50.7 Å². The van der Waals surface area contributed by atoms with E-state index in [9.17, 15) is 19.8 Å². The van der Waals surface area contributed by atoms with E-state index in [0.29, 0.717) is 42.7 Å². The predicted octanol–water partition coefficient (Wildman–Crippen LogP) is 5.09. The van der Waals surface area contributed by atoms with Crippen molar-refractivity contribution < 1.29 is 34.0 Å². The summed E-state index contributed by atoms with van der Waals surface area (Å²) in [7, 11) is 0. The first-order chi connectivity index (χ1) is 19.1. The van der Waals surface area contributed by atoms with E-state index >= 15 is 0 Å². The van der Waals surface area contributed by atoms with Crippen LogP contribution in [0, 0.1) is 50.7 Å². The summed E-state index contributed by atoms with van der Waals surface area (Å²) in [4.78, 5) is 22.4. The third kappa shape index (κ3) is 4.00. The first-order valence-corrected chi connectivity index (χ1v) is 16.3. The maximum absolute atomic E-state index is 12.3. The number of aliphatic hydroxyl groups excluding tert-OH is 1. The van der Waals surface area contributed by atoms with E-state index in [2.05, 4.69) is 34.6 Å². The lowest BCUT2D eigenvalue weighted by Gasteiger charge is -2.63. The fraction of sp³-hybridized carbons (Fsp3) is 0.941. The summed E-state index contributed by atoms with van der Waals surface area (Å²) in [6.45, 7) is 15.4. The third-order valence-corrected chi connectivity index (χ3v) is 14.3. The molecule has 2 N–H and O–H groups in total. The van der Waals surface area contributed by atoms with Crippen LogP contribution in [0.1, 0.15) is 106 Å². The Morgan fingerprint density at radius 1 is 1.02 bits per heavy atom. The summed E-state index contributed by atoms with van der Waals surface area (Å²) < 4.78 is 18.3. The maximum Gasteiger partial charge on any atom is 0.215 e. The highest BCUT2D eigenvalue weighted by Crippen LogP contribution is 2.89. The molecule has 0 amide bonds. The second kappa shape index (κ2) is 9.57. The average Bonchev–Trinajstić information content (AvgIpc) is 3.51. The quantitative estimate of drug-likeness (QED) is 0.308. The minimum atomic E-state index is -1.00. The summed E-state index contributed by atoms with van der Waals surface area (Å²) >= 11 is 0. The Hall–Kier alpha value is -0.860. The number of aliphatic hydroxyl groups is 2. The van der Waals surface area contributed by atoms with Gasteiger partial charge in [0, 0.05) is 11.8 Å². The number of hydrogen-bond donors (Lipinski definition) is 2. The second-order valence-electron chi connectivity index (χ2n) is 16.8. The van der Waals surface area contributed by atoms with Gasteiger partial charge in [-0.15, -0.1) is 0 Å². The van der Waals surface area contributed by atoms with Crippen LogP contribution in [0.25, 0.3) is 0 Å². The Morgan fingerprint density at radius 3 is 2.37 bits per heavy atom. The van der Waals surface area contributed by atoms with Gasteiger partial charge in [-0.3, -0.25) is 4.79 Å². The van der Waals surface area contributed by atoms with E-state index in [4.69, 9.17) is 14.2 Å². The fourth-order valence-electron chi connectivity index (χ4n) is 12.7. The molecule has 13 atom stereocenters. The number of aldehydes is 2. The first-order valence-electron chi connectivity index (χ1n) is 16.3. The molecule has 0 bridgehead atoms. The van der Waals surface area contributed by atoms with Crippen molar-refractivity contribution in [2.75, 3.05) is 6.61 Å². The molecule has 0 radical (unpaired) electrons. The molecule has 2 spiro atoms. The summed E-state index contributed by atoms with van der Waals surface area (Å²) in [6, 6.07) is 0. The zero-order valence-electron chi connectivity index (χ0n) is 26.4. The van der Waals surface area contributed by atoms with Gasteiger partial charge in [0.25, 0.3) is 0 Å². The lowest BCUT2D eigenvalue weighted by atomic mass is 9.41. The van der Waals surface area contributed by atoms with E-state index in [-0.39, 0.29) is 52.0 Å². The monoisotopic (exact) mass is 574 g/mol. The Bertz CT molecular complexity index is 1050. The standard InChI is InChI=1S/C34H54O7/c1-20-16-21(17-29(2,3)38)40-27-26(20)31(6)12-13-34-19-33(34)11-10-24(41-25(18-36)39-15-14-35)30(4,5)22(33)8-9-23(34)32(31,7)28(27)37/h14,18,20-28,37-38H,8-13,15-17,19H2,1-7H3/t20-,21-,22+,23+,24+,25+,26?,27+,28+,31-,32-,33-,34+/m1/s1. The number of rotatable bonds is 8. The molecule has 0 aromatic rings. The molecular weight excluding hydrogens is 520 g/mol. The highest BCUT2D eigenvalue weighted by Gasteiger charge is 2.84. The summed E-state index contributed by atoms with van der Waals surface area (Å²) in [6.07, 6.45) is 8.82. The second-order valence-corrected chi connectivity index (χ2v) is 16.8. The molecule has 41 heavy (non-hydrogen) atoms. The molecule has 1 aliphatic heterocycles. The van der Waals surface area contributed by atoms with Crippen LogP contribution in [0.4, 0.5) is 0 Å². The summed E-state index contributed by atoms with van der Waals surface area (Å²) in [5.41, 5.74) is -0.598. The molecule has 1 unspecified atom stereocenters. The zero-order valence-corrected chi connectivity index (χ0v) is 26.4. The molecule has 6 aliphatic rings. The predicted molar refractivity (Wildman–Crippen MR) is 154 cm³/mol. The molecule has 232 valence electrons. The third-order valence-electron chi connectivity index (χ3n) is 14.3. The minimum absolute atomic E-state index is 0.0195. The van der Waals surface area contributed by atoms with Crippen LogP contribution in [0.2, 0.25) is 0 Å². The van der Waals surface area contributed by atoms with Gasteiger partial charge in [-0.25, -0.2) is 0 Å².